The number of nitrogens with zero attached hydrogens (tertiary/aromatic N) is 1. The van der Waals surface area contributed by atoms with E-state index in [1.807, 2.05) is 24.3 Å². The fourth-order valence-electron chi connectivity index (χ4n) is 3.40. The monoisotopic (exact) mass is 368 g/mol. The van der Waals surface area contributed by atoms with Gasteiger partial charge in [0.2, 0.25) is 0 Å². The predicted molar refractivity (Wildman–Crippen MR) is 100 cm³/mol. The molecule has 4 rings (SSSR count). The molecule has 0 radical (unpaired) electrons. The topological polar surface area (TPSA) is 54.7 Å². The number of benzene rings is 2. The zero-order chi connectivity index (χ0) is 18.6. The van der Waals surface area contributed by atoms with Gasteiger partial charge in [-0.15, -0.1) is 0 Å². The Morgan fingerprint density at radius 3 is 2.59 bits per heavy atom. The highest BCUT2D eigenvalue weighted by Crippen LogP contribution is 2.23. The number of carbonyl (C=O) groups excluding carboxylic acids is 1. The lowest BCUT2D eigenvalue weighted by Crippen LogP contribution is -2.43. The molecule has 1 fully saturated rings. The van der Waals surface area contributed by atoms with Gasteiger partial charge in [0.15, 0.2) is 5.76 Å². The minimum atomic E-state index is -0.272. The van der Waals surface area contributed by atoms with E-state index in [-0.39, 0.29) is 23.5 Å². The number of amides is 1. The van der Waals surface area contributed by atoms with E-state index in [0.717, 1.165) is 24.0 Å². The molecule has 140 valence electrons. The second-order valence-electron chi connectivity index (χ2n) is 6.57. The summed E-state index contributed by atoms with van der Waals surface area (Å²) < 4.78 is 24.4. The smallest absolute Gasteiger partial charge is 0.287 e. The first-order valence-corrected chi connectivity index (χ1v) is 9.05. The lowest BCUT2D eigenvalue weighted by Gasteiger charge is -2.34. The van der Waals surface area contributed by atoms with E-state index in [4.69, 9.17) is 9.15 Å². The predicted octanol–water partition coefficient (Wildman–Crippen LogP) is 3.38. The van der Waals surface area contributed by atoms with Crippen molar-refractivity contribution in [2.24, 2.45) is 0 Å². The summed E-state index contributed by atoms with van der Waals surface area (Å²) in [5, 5.41) is 3.86. The maximum atomic E-state index is 13.3. The molecule has 1 atom stereocenters. The molecule has 0 spiro atoms. The van der Waals surface area contributed by atoms with E-state index in [0.29, 0.717) is 25.3 Å². The maximum Gasteiger partial charge on any atom is 0.287 e. The Bertz CT molecular complexity index is 884. The van der Waals surface area contributed by atoms with Crippen LogP contribution in [-0.2, 0) is 4.74 Å². The number of nitrogens with one attached hydrogen (secondary N) is 1. The Hall–Kier alpha value is -2.70. The molecule has 0 aliphatic carbocycles. The molecule has 5 nitrogen and oxygen atoms in total. The number of hydrogen-bond donors (Lipinski definition) is 1. The molecule has 1 saturated heterocycles. The molecule has 0 saturated carbocycles. The van der Waals surface area contributed by atoms with Crippen molar-refractivity contribution in [3.8, 4) is 0 Å². The fourth-order valence-corrected chi connectivity index (χ4v) is 3.40. The van der Waals surface area contributed by atoms with Crippen molar-refractivity contribution in [1.29, 1.82) is 0 Å². The number of furan rings is 1. The second kappa shape index (κ2) is 7.90. The average Bonchev–Trinajstić information content (AvgIpc) is 3.14. The first kappa shape index (κ1) is 17.7. The summed E-state index contributed by atoms with van der Waals surface area (Å²) in [5.74, 6) is -0.242. The van der Waals surface area contributed by atoms with Crippen LogP contribution in [0, 0.1) is 5.82 Å². The lowest BCUT2D eigenvalue weighted by molar-refractivity contribution is 0.0161. The number of para-hydroxylation sites is 1. The van der Waals surface area contributed by atoms with Crippen LogP contribution in [-0.4, -0.2) is 43.7 Å². The SMILES string of the molecule is O=C(NCC(c1ccc(F)cc1)N1CCOCC1)c1cc2ccccc2o1. The summed E-state index contributed by atoms with van der Waals surface area (Å²) in [6.07, 6.45) is 0. The molecular formula is C21H21FN2O3. The molecule has 2 aromatic carbocycles. The highest BCUT2D eigenvalue weighted by molar-refractivity contribution is 5.96. The van der Waals surface area contributed by atoms with Crippen LogP contribution in [0.4, 0.5) is 4.39 Å². The van der Waals surface area contributed by atoms with Crippen molar-refractivity contribution in [3.05, 3.63) is 71.7 Å². The fraction of sp³-hybridized carbons (Fsp3) is 0.286. The Balaban J connectivity index is 1.50. The summed E-state index contributed by atoms with van der Waals surface area (Å²) in [5.41, 5.74) is 1.65. The molecule has 0 bridgehead atoms. The van der Waals surface area contributed by atoms with Crippen LogP contribution >= 0.6 is 0 Å². The molecule has 1 aliphatic heterocycles. The minimum absolute atomic E-state index is 0.0529. The molecule has 1 aromatic heterocycles. The molecule has 2 heterocycles. The number of carbonyl (C=O) groups is 1. The number of ether oxygens (including phenoxy) is 1. The van der Waals surface area contributed by atoms with Gasteiger partial charge in [-0.1, -0.05) is 30.3 Å². The van der Waals surface area contributed by atoms with Crippen LogP contribution in [0.1, 0.15) is 22.2 Å². The van der Waals surface area contributed by atoms with Crippen LogP contribution in [0.2, 0.25) is 0 Å². The summed E-state index contributed by atoms with van der Waals surface area (Å²) in [4.78, 5) is 14.8. The summed E-state index contributed by atoms with van der Waals surface area (Å²) >= 11 is 0. The van der Waals surface area contributed by atoms with Gasteiger partial charge < -0.3 is 14.5 Å². The van der Waals surface area contributed by atoms with E-state index >= 15 is 0 Å². The van der Waals surface area contributed by atoms with Crippen LogP contribution in [0.25, 0.3) is 11.0 Å². The van der Waals surface area contributed by atoms with Gasteiger partial charge in [-0.05, 0) is 29.8 Å². The van der Waals surface area contributed by atoms with Gasteiger partial charge in [0, 0.05) is 25.0 Å². The minimum Gasteiger partial charge on any atom is -0.451 e. The van der Waals surface area contributed by atoms with Gasteiger partial charge in [0.25, 0.3) is 5.91 Å². The average molecular weight is 368 g/mol. The highest BCUT2D eigenvalue weighted by atomic mass is 19.1. The number of rotatable bonds is 5. The van der Waals surface area contributed by atoms with E-state index < -0.39 is 0 Å². The van der Waals surface area contributed by atoms with E-state index in [2.05, 4.69) is 10.2 Å². The number of hydrogen-bond acceptors (Lipinski definition) is 4. The van der Waals surface area contributed by atoms with Crippen LogP contribution in [0.3, 0.4) is 0 Å². The van der Waals surface area contributed by atoms with Gasteiger partial charge in [-0.2, -0.15) is 0 Å². The third-order valence-corrected chi connectivity index (χ3v) is 4.85. The standard InChI is InChI=1S/C21H21FN2O3/c22-17-7-5-15(6-8-17)18(24-9-11-26-12-10-24)14-23-21(25)20-13-16-3-1-2-4-19(16)27-20/h1-8,13,18H,9-12,14H2,(H,23,25). The Morgan fingerprint density at radius 2 is 1.85 bits per heavy atom. The zero-order valence-electron chi connectivity index (χ0n) is 14.9. The molecule has 1 unspecified atom stereocenters. The van der Waals surface area contributed by atoms with E-state index in [1.54, 1.807) is 18.2 Å². The second-order valence-corrected chi connectivity index (χ2v) is 6.57. The van der Waals surface area contributed by atoms with Crippen molar-refractivity contribution < 1.29 is 18.3 Å². The van der Waals surface area contributed by atoms with Crippen LogP contribution < -0.4 is 5.32 Å². The summed E-state index contributed by atoms with van der Waals surface area (Å²) in [6.45, 7) is 3.23. The quantitative estimate of drug-likeness (QED) is 0.750. The third-order valence-electron chi connectivity index (χ3n) is 4.85. The number of fused-ring (bicyclic) bond motifs is 1. The van der Waals surface area contributed by atoms with E-state index in [9.17, 15) is 9.18 Å². The van der Waals surface area contributed by atoms with Crippen molar-refractivity contribution >= 4 is 16.9 Å². The van der Waals surface area contributed by atoms with Crippen molar-refractivity contribution in [1.82, 2.24) is 10.2 Å². The van der Waals surface area contributed by atoms with Crippen LogP contribution in [0.5, 0.6) is 0 Å². The van der Waals surface area contributed by atoms with Gasteiger partial charge in [-0.25, -0.2) is 4.39 Å². The normalized spacial score (nSPS) is 16.3. The summed E-state index contributed by atoms with van der Waals surface area (Å²) in [7, 11) is 0. The molecule has 6 heteroatoms. The zero-order valence-corrected chi connectivity index (χ0v) is 14.9. The molecule has 27 heavy (non-hydrogen) atoms. The molecule has 1 N–H and O–H groups in total. The largest absolute Gasteiger partial charge is 0.451 e. The molecule has 1 amide bonds. The Morgan fingerprint density at radius 1 is 1.11 bits per heavy atom. The van der Waals surface area contributed by atoms with Gasteiger partial charge in [0.1, 0.15) is 11.4 Å². The highest BCUT2D eigenvalue weighted by Gasteiger charge is 2.24. The van der Waals surface area contributed by atoms with Crippen molar-refractivity contribution in [2.45, 2.75) is 6.04 Å². The number of morpholine rings is 1. The molecular weight excluding hydrogens is 347 g/mol. The Kier molecular flexibility index (Phi) is 5.18. The molecule has 1 aliphatic rings. The third kappa shape index (κ3) is 4.02. The van der Waals surface area contributed by atoms with Gasteiger partial charge in [0.05, 0.1) is 19.3 Å². The van der Waals surface area contributed by atoms with Crippen molar-refractivity contribution in [3.63, 3.8) is 0 Å². The van der Waals surface area contributed by atoms with Crippen molar-refractivity contribution in [2.75, 3.05) is 32.8 Å². The van der Waals surface area contributed by atoms with Crippen LogP contribution in [0.15, 0.2) is 59.0 Å². The number of halogens is 1. The molecule has 3 aromatic rings. The van der Waals surface area contributed by atoms with Gasteiger partial charge in [-0.3, -0.25) is 9.69 Å². The first-order valence-electron chi connectivity index (χ1n) is 9.05. The van der Waals surface area contributed by atoms with E-state index in [1.165, 1.54) is 12.1 Å². The first-order chi connectivity index (χ1) is 13.2. The van der Waals surface area contributed by atoms with Gasteiger partial charge >= 0.3 is 0 Å². The Labute approximate surface area is 156 Å². The lowest BCUT2D eigenvalue weighted by atomic mass is 10.0. The maximum absolute atomic E-state index is 13.3. The summed E-state index contributed by atoms with van der Waals surface area (Å²) in [6, 6.07) is 15.6.